The molecule has 2 radical (unpaired) electrons. The van der Waals surface area contributed by atoms with E-state index in [0.29, 0.717) is 0 Å². The van der Waals surface area contributed by atoms with Crippen LogP contribution in [0.25, 0.3) is 0 Å². The standard InChI is InChI=1S/C5H5N2.Al/c1-5-6-3-2-4-7-5;/h3-4H,1H3;. The third kappa shape index (κ3) is 1.29. The lowest BCUT2D eigenvalue weighted by Crippen LogP contribution is -2.04. The molecule has 0 fully saturated rings. The highest BCUT2D eigenvalue weighted by atomic mass is 27.0. The van der Waals surface area contributed by atoms with Gasteiger partial charge in [-0.05, 0) is 6.92 Å². The largest absolute Gasteiger partial charge is 0.243 e. The van der Waals surface area contributed by atoms with Gasteiger partial charge < -0.3 is 0 Å². The SMILES string of the molecule is Cc1nc[c]([Al])cn1. The van der Waals surface area contributed by atoms with Gasteiger partial charge in [0.05, 0.1) is 0 Å². The molecule has 1 aromatic heterocycles. The van der Waals surface area contributed by atoms with E-state index >= 15 is 0 Å². The highest BCUT2D eigenvalue weighted by Gasteiger charge is 1.81. The lowest BCUT2D eigenvalue weighted by atomic mass is 10.6. The normalized spacial score (nSPS) is 9.12. The Labute approximate surface area is 56.4 Å². The summed E-state index contributed by atoms with van der Waals surface area (Å²) in [5.74, 6) is 0.816. The summed E-state index contributed by atoms with van der Waals surface area (Å²) in [7, 11) is 0. The molecular formula is C5H5AlN2. The van der Waals surface area contributed by atoms with Crippen LogP contribution in [-0.4, -0.2) is 26.3 Å². The van der Waals surface area contributed by atoms with Gasteiger partial charge >= 0.3 is 0 Å². The number of rotatable bonds is 0. The summed E-state index contributed by atoms with van der Waals surface area (Å²) in [6.45, 7) is 1.87. The lowest BCUT2D eigenvalue weighted by Gasteiger charge is -1.89. The molecule has 2 nitrogen and oxygen atoms in total. The first kappa shape index (κ1) is 5.74. The molecule has 0 aliphatic rings. The van der Waals surface area contributed by atoms with E-state index in [0.717, 1.165) is 10.2 Å². The van der Waals surface area contributed by atoms with Crippen molar-refractivity contribution in [1.82, 2.24) is 9.97 Å². The molecule has 0 unspecified atom stereocenters. The van der Waals surface area contributed by atoms with Gasteiger partial charge in [-0.3, -0.25) is 0 Å². The minimum Gasteiger partial charge on any atom is -0.243 e. The van der Waals surface area contributed by atoms with Crippen LogP contribution in [0, 0.1) is 6.92 Å². The number of hydrogen-bond acceptors (Lipinski definition) is 2. The molecule has 1 rings (SSSR count). The maximum Gasteiger partial charge on any atom is 0.180 e. The van der Waals surface area contributed by atoms with E-state index < -0.39 is 0 Å². The predicted molar refractivity (Wildman–Crippen MR) is 32.2 cm³/mol. The molecule has 0 aromatic carbocycles. The molecule has 0 saturated carbocycles. The average molecular weight is 120 g/mol. The minimum absolute atomic E-state index is 0.816. The fourth-order valence-electron chi connectivity index (χ4n) is 0.403. The van der Waals surface area contributed by atoms with Crippen LogP contribution >= 0.6 is 0 Å². The molecule has 0 saturated heterocycles. The van der Waals surface area contributed by atoms with Crippen LogP contribution in [0.2, 0.25) is 0 Å². The Hall–Kier alpha value is -0.388. The van der Waals surface area contributed by atoms with Gasteiger partial charge in [-0.25, -0.2) is 9.97 Å². The maximum atomic E-state index is 3.95. The van der Waals surface area contributed by atoms with Gasteiger partial charge in [0.1, 0.15) is 5.82 Å². The molecule has 0 aliphatic carbocycles. The highest BCUT2D eigenvalue weighted by molar-refractivity contribution is 6.31. The zero-order valence-electron chi connectivity index (χ0n) is 4.63. The van der Waals surface area contributed by atoms with Crippen molar-refractivity contribution in [2.45, 2.75) is 6.92 Å². The van der Waals surface area contributed by atoms with Crippen molar-refractivity contribution in [3.05, 3.63) is 18.2 Å². The first-order valence-corrected chi connectivity index (χ1v) is 2.91. The first-order valence-electron chi connectivity index (χ1n) is 2.33. The van der Waals surface area contributed by atoms with Crippen LogP contribution in [-0.2, 0) is 0 Å². The Morgan fingerprint density at radius 1 is 1.38 bits per heavy atom. The Balaban J connectivity index is 3.03. The van der Waals surface area contributed by atoms with Gasteiger partial charge in [0.25, 0.3) is 0 Å². The fraction of sp³-hybridized carbons (Fsp3) is 0.200. The number of hydrogen-bond donors (Lipinski definition) is 0. The summed E-state index contributed by atoms with van der Waals surface area (Å²) in [6, 6.07) is 0. The Morgan fingerprint density at radius 2 is 1.88 bits per heavy atom. The quantitative estimate of drug-likeness (QED) is 0.434. The molecule has 3 heteroatoms. The minimum atomic E-state index is 0.816. The van der Waals surface area contributed by atoms with Crippen molar-refractivity contribution in [3.63, 3.8) is 0 Å². The lowest BCUT2D eigenvalue weighted by molar-refractivity contribution is 1.06. The van der Waals surface area contributed by atoms with Gasteiger partial charge in [0.15, 0.2) is 16.3 Å². The fourth-order valence-corrected chi connectivity index (χ4v) is 0.552. The molecule has 0 N–H and O–H groups in total. The molecule has 1 heterocycles. The van der Waals surface area contributed by atoms with Crippen molar-refractivity contribution < 1.29 is 0 Å². The van der Waals surface area contributed by atoms with Crippen LogP contribution in [0.15, 0.2) is 12.4 Å². The molecule has 0 atom stereocenters. The molecular weight excluding hydrogens is 115 g/mol. The maximum absolute atomic E-state index is 3.95. The van der Waals surface area contributed by atoms with Gasteiger partial charge in [-0.15, -0.1) is 4.43 Å². The molecule has 1 aromatic rings. The summed E-state index contributed by atoms with van der Waals surface area (Å²) < 4.78 is 1.02. The second-order valence-corrected chi connectivity index (χ2v) is 2.23. The van der Waals surface area contributed by atoms with Crippen LogP contribution in [0.5, 0.6) is 0 Å². The Morgan fingerprint density at radius 3 is 2.25 bits per heavy atom. The van der Waals surface area contributed by atoms with E-state index in [2.05, 4.69) is 26.3 Å². The smallest absolute Gasteiger partial charge is 0.180 e. The third-order valence-corrected chi connectivity index (χ3v) is 1.10. The number of nitrogens with zero attached hydrogens (tertiary/aromatic N) is 2. The molecule has 0 amide bonds. The van der Waals surface area contributed by atoms with E-state index in [1.807, 2.05) is 6.92 Å². The Kier molecular flexibility index (Phi) is 1.62. The molecule has 0 spiro atoms. The van der Waals surface area contributed by atoms with E-state index in [4.69, 9.17) is 0 Å². The monoisotopic (exact) mass is 120 g/mol. The van der Waals surface area contributed by atoms with Crippen molar-refractivity contribution >= 4 is 20.7 Å². The molecule has 8 heavy (non-hydrogen) atoms. The summed E-state index contributed by atoms with van der Waals surface area (Å²) in [4.78, 5) is 7.89. The van der Waals surface area contributed by atoms with Crippen molar-refractivity contribution in [3.8, 4) is 0 Å². The second-order valence-electron chi connectivity index (χ2n) is 1.56. The van der Waals surface area contributed by atoms with Gasteiger partial charge in [0.2, 0.25) is 0 Å². The average Bonchev–Trinajstić information content (AvgIpc) is 1.77. The van der Waals surface area contributed by atoms with Crippen molar-refractivity contribution in [1.29, 1.82) is 0 Å². The van der Waals surface area contributed by atoms with Gasteiger partial charge in [-0.1, -0.05) is 0 Å². The second kappa shape index (κ2) is 2.25. The van der Waals surface area contributed by atoms with E-state index in [1.165, 1.54) is 0 Å². The van der Waals surface area contributed by atoms with Crippen LogP contribution in [0.4, 0.5) is 0 Å². The van der Waals surface area contributed by atoms with E-state index in [1.54, 1.807) is 12.4 Å². The topological polar surface area (TPSA) is 25.8 Å². The zero-order chi connectivity index (χ0) is 5.98. The molecule has 0 aliphatic heterocycles. The van der Waals surface area contributed by atoms with E-state index in [-0.39, 0.29) is 0 Å². The predicted octanol–water partition coefficient (Wildman–Crippen LogP) is -0.421. The number of aryl methyl sites for hydroxylation is 1. The van der Waals surface area contributed by atoms with Gasteiger partial charge in [-0.2, -0.15) is 0 Å². The summed E-state index contributed by atoms with van der Waals surface area (Å²) in [5.41, 5.74) is 0. The van der Waals surface area contributed by atoms with Crippen LogP contribution < -0.4 is 4.43 Å². The molecule has 0 bridgehead atoms. The van der Waals surface area contributed by atoms with E-state index in [9.17, 15) is 0 Å². The molecule has 38 valence electrons. The van der Waals surface area contributed by atoms with Crippen molar-refractivity contribution in [2.24, 2.45) is 0 Å². The zero-order valence-corrected chi connectivity index (χ0v) is 5.78. The summed E-state index contributed by atoms with van der Waals surface area (Å²) >= 11 is 2.53. The Bertz CT molecular complexity index is 149. The van der Waals surface area contributed by atoms with Crippen LogP contribution in [0.3, 0.4) is 0 Å². The summed E-state index contributed by atoms with van der Waals surface area (Å²) in [5, 5.41) is 0. The van der Waals surface area contributed by atoms with Crippen LogP contribution in [0.1, 0.15) is 5.82 Å². The summed E-state index contributed by atoms with van der Waals surface area (Å²) in [6.07, 6.45) is 3.54. The first-order chi connectivity index (χ1) is 3.79. The number of aromatic nitrogens is 2. The third-order valence-electron chi connectivity index (χ3n) is 0.801. The van der Waals surface area contributed by atoms with Gasteiger partial charge in [0, 0.05) is 12.4 Å². The van der Waals surface area contributed by atoms with Crippen molar-refractivity contribution in [2.75, 3.05) is 0 Å². The highest BCUT2D eigenvalue weighted by Crippen LogP contribution is 1.76.